The zero-order valence-corrected chi connectivity index (χ0v) is 14.3. The van der Waals surface area contributed by atoms with E-state index in [2.05, 4.69) is 32.4 Å². The number of morpholine rings is 1. The van der Waals surface area contributed by atoms with Gasteiger partial charge in [0.1, 0.15) is 5.82 Å². The number of rotatable bonds is 5. The van der Waals surface area contributed by atoms with E-state index >= 15 is 0 Å². The molecule has 0 amide bonds. The average molecular weight is 338 g/mol. The van der Waals surface area contributed by atoms with Gasteiger partial charge in [-0.15, -0.1) is 15.3 Å². The molecule has 1 fully saturated rings. The van der Waals surface area contributed by atoms with Crippen LogP contribution in [-0.2, 0) is 4.74 Å². The molecule has 130 valence electrons. The minimum Gasteiger partial charge on any atom is -0.374 e. The van der Waals surface area contributed by atoms with Gasteiger partial charge in [0.25, 0.3) is 0 Å². The highest BCUT2D eigenvalue weighted by atomic mass is 16.5. The van der Waals surface area contributed by atoms with Crippen molar-refractivity contribution >= 4 is 11.5 Å². The van der Waals surface area contributed by atoms with E-state index in [1.165, 1.54) is 0 Å². The normalized spacial score (nSPS) is 18.5. The molecule has 1 unspecified atom stereocenters. The van der Waals surface area contributed by atoms with E-state index in [9.17, 15) is 0 Å². The van der Waals surface area contributed by atoms with Crippen LogP contribution in [0.5, 0.6) is 0 Å². The Labute approximate surface area is 146 Å². The molecule has 0 spiro atoms. The summed E-state index contributed by atoms with van der Waals surface area (Å²) in [5.74, 6) is 1.53. The van der Waals surface area contributed by atoms with Crippen molar-refractivity contribution in [2.45, 2.75) is 13.0 Å². The van der Waals surface area contributed by atoms with Gasteiger partial charge in [0, 0.05) is 25.2 Å². The van der Waals surface area contributed by atoms with Crippen molar-refractivity contribution in [1.82, 2.24) is 24.7 Å². The first-order chi connectivity index (χ1) is 12.3. The number of anilines is 1. The van der Waals surface area contributed by atoms with Gasteiger partial charge in [-0.3, -0.25) is 4.90 Å². The lowest BCUT2D eigenvalue weighted by molar-refractivity contribution is -0.0192. The second kappa shape index (κ2) is 7.16. The van der Waals surface area contributed by atoms with Crippen molar-refractivity contribution in [1.29, 1.82) is 0 Å². The highest BCUT2D eigenvalue weighted by molar-refractivity contribution is 5.59. The van der Waals surface area contributed by atoms with Gasteiger partial charge < -0.3 is 10.1 Å². The summed E-state index contributed by atoms with van der Waals surface area (Å²) in [4.78, 5) is 2.40. The third-order valence-electron chi connectivity index (χ3n) is 4.48. The lowest BCUT2D eigenvalue weighted by Gasteiger charge is -2.32. The van der Waals surface area contributed by atoms with E-state index in [0.717, 1.165) is 55.6 Å². The van der Waals surface area contributed by atoms with E-state index in [-0.39, 0.29) is 6.10 Å². The Balaban J connectivity index is 1.51. The molecule has 0 saturated carbocycles. The predicted molar refractivity (Wildman–Crippen MR) is 96.6 cm³/mol. The average Bonchev–Trinajstić information content (AvgIpc) is 3.10. The fourth-order valence-electron chi connectivity index (χ4n) is 3.06. The van der Waals surface area contributed by atoms with Crippen molar-refractivity contribution in [3.05, 3.63) is 42.5 Å². The molecule has 0 aliphatic carbocycles. The molecule has 1 atom stereocenters. The maximum atomic E-state index is 5.83. The number of ether oxygens (including phenoxy) is 1. The number of hydrogen-bond acceptors (Lipinski definition) is 6. The summed E-state index contributed by atoms with van der Waals surface area (Å²) in [6.45, 7) is 6.73. The Morgan fingerprint density at radius 1 is 1.16 bits per heavy atom. The summed E-state index contributed by atoms with van der Waals surface area (Å²) in [5, 5.41) is 16.5. The van der Waals surface area contributed by atoms with Gasteiger partial charge in [0.05, 0.1) is 12.7 Å². The Morgan fingerprint density at radius 2 is 2.04 bits per heavy atom. The Morgan fingerprint density at radius 3 is 2.88 bits per heavy atom. The van der Waals surface area contributed by atoms with Crippen LogP contribution in [0.3, 0.4) is 0 Å². The molecule has 1 aliphatic heterocycles. The molecule has 0 bridgehead atoms. The van der Waals surface area contributed by atoms with Crippen LogP contribution in [-0.4, -0.2) is 63.6 Å². The molecule has 3 aromatic rings. The zero-order valence-electron chi connectivity index (χ0n) is 14.3. The number of nitrogens with zero attached hydrogens (tertiary/aromatic N) is 5. The zero-order chi connectivity index (χ0) is 17.1. The molecule has 2 aromatic heterocycles. The van der Waals surface area contributed by atoms with Crippen LogP contribution in [0.25, 0.3) is 17.0 Å². The fourth-order valence-corrected chi connectivity index (χ4v) is 3.06. The Kier molecular flexibility index (Phi) is 4.58. The van der Waals surface area contributed by atoms with E-state index in [4.69, 9.17) is 4.74 Å². The first kappa shape index (κ1) is 16.0. The molecular weight excluding hydrogens is 316 g/mol. The molecule has 25 heavy (non-hydrogen) atoms. The number of nitrogens with one attached hydrogen (secondary N) is 1. The van der Waals surface area contributed by atoms with Gasteiger partial charge in [-0.2, -0.15) is 4.52 Å². The number of hydrogen-bond donors (Lipinski definition) is 1. The summed E-state index contributed by atoms with van der Waals surface area (Å²) in [6, 6.07) is 13.8. The summed E-state index contributed by atoms with van der Waals surface area (Å²) in [5.41, 5.74) is 1.73. The van der Waals surface area contributed by atoms with Crippen molar-refractivity contribution in [3.63, 3.8) is 0 Å². The molecular formula is C18H22N6O. The van der Waals surface area contributed by atoms with Crippen LogP contribution in [0.15, 0.2) is 42.5 Å². The first-order valence-corrected chi connectivity index (χ1v) is 8.69. The maximum absolute atomic E-state index is 5.83. The third kappa shape index (κ3) is 3.47. The van der Waals surface area contributed by atoms with E-state index < -0.39 is 0 Å². The van der Waals surface area contributed by atoms with E-state index in [1.807, 2.05) is 42.5 Å². The third-order valence-corrected chi connectivity index (χ3v) is 4.48. The van der Waals surface area contributed by atoms with Crippen LogP contribution < -0.4 is 5.32 Å². The molecule has 1 aliphatic rings. The highest BCUT2D eigenvalue weighted by Gasteiger charge is 2.19. The van der Waals surface area contributed by atoms with Crippen molar-refractivity contribution in [2.75, 3.05) is 38.1 Å². The molecule has 7 nitrogen and oxygen atoms in total. The summed E-state index contributed by atoms with van der Waals surface area (Å²) in [7, 11) is 0. The van der Waals surface area contributed by atoms with Crippen LogP contribution >= 0.6 is 0 Å². The quantitative estimate of drug-likeness (QED) is 0.767. The van der Waals surface area contributed by atoms with Crippen molar-refractivity contribution in [3.8, 4) is 11.4 Å². The van der Waals surface area contributed by atoms with Crippen LogP contribution in [0, 0.1) is 0 Å². The highest BCUT2D eigenvalue weighted by Crippen LogP contribution is 2.18. The molecule has 0 radical (unpaired) electrons. The summed E-state index contributed by atoms with van der Waals surface area (Å²) in [6.07, 6.45) is 0.181. The molecule has 3 heterocycles. The van der Waals surface area contributed by atoms with Gasteiger partial charge in [-0.05, 0) is 18.7 Å². The standard InChI is InChI=1S/C18H22N6O/c1-2-23-10-11-25-15(13-23)12-19-16-8-9-17-20-21-18(24(17)22-16)14-6-4-3-5-7-14/h3-9,15H,2,10-13H2,1H3,(H,19,22). The lowest BCUT2D eigenvalue weighted by atomic mass is 10.2. The minimum absolute atomic E-state index is 0.181. The van der Waals surface area contributed by atoms with Crippen LogP contribution in [0.2, 0.25) is 0 Å². The second-order valence-electron chi connectivity index (χ2n) is 6.15. The molecule has 1 saturated heterocycles. The second-order valence-corrected chi connectivity index (χ2v) is 6.15. The largest absolute Gasteiger partial charge is 0.374 e. The van der Waals surface area contributed by atoms with E-state index in [1.54, 1.807) is 4.52 Å². The smallest absolute Gasteiger partial charge is 0.185 e. The fraction of sp³-hybridized carbons (Fsp3) is 0.389. The molecule has 1 N–H and O–H groups in total. The van der Waals surface area contributed by atoms with Crippen molar-refractivity contribution < 1.29 is 4.74 Å². The first-order valence-electron chi connectivity index (χ1n) is 8.69. The predicted octanol–water partition coefficient (Wildman–Crippen LogP) is 1.92. The van der Waals surface area contributed by atoms with Crippen molar-refractivity contribution in [2.24, 2.45) is 0 Å². The lowest BCUT2D eigenvalue weighted by Crippen LogP contribution is -2.45. The van der Waals surface area contributed by atoms with Gasteiger partial charge in [0.2, 0.25) is 0 Å². The molecule has 1 aromatic carbocycles. The minimum atomic E-state index is 0.181. The molecule has 7 heteroatoms. The molecule has 4 rings (SSSR count). The van der Waals surface area contributed by atoms with Gasteiger partial charge in [-0.25, -0.2) is 0 Å². The van der Waals surface area contributed by atoms with E-state index in [0.29, 0.717) is 0 Å². The topological polar surface area (TPSA) is 67.6 Å². The van der Waals surface area contributed by atoms with Gasteiger partial charge in [-0.1, -0.05) is 37.3 Å². The van der Waals surface area contributed by atoms with Crippen LogP contribution in [0.4, 0.5) is 5.82 Å². The monoisotopic (exact) mass is 338 g/mol. The SMILES string of the molecule is CCN1CCOC(CNc2ccc3nnc(-c4ccccc4)n3n2)C1. The summed E-state index contributed by atoms with van der Waals surface area (Å²) >= 11 is 0. The summed E-state index contributed by atoms with van der Waals surface area (Å²) < 4.78 is 7.61. The Bertz CT molecular complexity index is 834. The Hall–Kier alpha value is -2.51. The number of likely N-dealkylation sites (N-methyl/N-ethyl adjacent to an activating group) is 1. The number of aromatic nitrogens is 4. The van der Waals surface area contributed by atoms with Gasteiger partial charge in [0.15, 0.2) is 11.5 Å². The van der Waals surface area contributed by atoms with Gasteiger partial charge >= 0.3 is 0 Å². The number of fused-ring (bicyclic) bond motifs is 1. The van der Waals surface area contributed by atoms with Crippen LogP contribution in [0.1, 0.15) is 6.92 Å². The number of benzene rings is 1. The maximum Gasteiger partial charge on any atom is 0.185 e.